The summed E-state index contributed by atoms with van der Waals surface area (Å²) in [7, 11) is 0. The molecule has 1 aliphatic heterocycles. The number of hydrogen-bond donors (Lipinski definition) is 1. The minimum Gasteiger partial charge on any atom is -0.354 e. The van der Waals surface area contributed by atoms with Gasteiger partial charge in [0.15, 0.2) is 0 Å². The fourth-order valence-electron chi connectivity index (χ4n) is 2.30. The van der Waals surface area contributed by atoms with Gasteiger partial charge in [-0.15, -0.1) is 0 Å². The number of anilines is 1. The molecular formula is C15H26N4. The molecule has 106 valence electrons. The van der Waals surface area contributed by atoms with Crippen molar-refractivity contribution >= 4 is 5.82 Å². The molecule has 1 fully saturated rings. The Morgan fingerprint density at radius 1 is 1.21 bits per heavy atom. The van der Waals surface area contributed by atoms with Crippen molar-refractivity contribution in [1.82, 2.24) is 9.88 Å². The van der Waals surface area contributed by atoms with Gasteiger partial charge < -0.3 is 10.6 Å². The Hall–Kier alpha value is -1.13. The van der Waals surface area contributed by atoms with E-state index in [0.717, 1.165) is 45.1 Å². The van der Waals surface area contributed by atoms with Gasteiger partial charge in [0.25, 0.3) is 0 Å². The molecule has 4 nitrogen and oxygen atoms in total. The number of piperazine rings is 1. The van der Waals surface area contributed by atoms with E-state index in [4.69, 9.17) is 5.73 Å². The van der Waals surface area contributed by atoms with Crippen LogP contribution in [0.2, 0.25) is 0 Å². The van der Waals surface area contributed by atoms with Gasteiger partial charge in [0, 0.05) is 32.4 Å². The Morgan fingerprint density at radius 2 is 1.95 bits per heavy atom. The first-order valence-corrected chi connectivity index (χ1v) is 7.19. The summed E-state index contributed by atoms with van der Waals surface area (Å²) in [5, 5.41) is 0. The first-order valence-electron chi connectivity index (χ1n) is 7.19. The van der Waals surface area contributed by atoms with Gasteiger partial charge >= 0.3 is 0 Å². The SMILES string of the molecule is CC(C)(CN)CCN1CCN(c2ccccn2)CC1. The van der Waals surface area contributed by atoms with Crippen molar-refractivity contribution in [3.05, 3.63) is 24.4 Å². The normalized spacial score (nSPS) is 17.7. The zero-order valence-corrected chi connectivity index (χ0v) is 12.2. The van der Waals surface area contributed by atoms with Gasteiger partial charge in [0.1, 0.15) is 5.82 Å². The second-order valence-corrected chi connectivity index (χ2v) is 6.13. The smallest absolute Gasteiger partial charge is 0.128 e. The molecule has 0 bridgehead atoms. The third-order valence-electron chi connectivity index (χ3n) is 4.00. The highest BCUT2D eigenvalue weighted by molar-refractivity contribution is 5.38. The predicted octanol–water partition coefficient (Wildman–Crippen LogP) is 1.58. The van der Waals surface area contributed by atoms with E-state index in [1.165, 1.54) is 6.42 Å². The van der Waals surface area contributed by atoms with Gasteiger partial charge in [0.05, 0.1) is 0 Å². The molecule has 1 aromatic rings. The molecule has 0 amide bonds. The van der Waals surface area contributed by atoms with Crippen LogP contribution in [0.3, 0.4) is 0 Å². The van der Waals surface area contributed by atoms with Crippen molar-refractivity contribution in [2.45, 2.75) is 20.3 Å². The highest BCUT2D eigenvalue weighted by atomic mass is 15.3. The number of aromatic nitrogens is 1. The van der Waals surface area contributed by atoms with E-state index in [1.807, 2.05) is 12.3 Å². The Morgan fingerprint density at radius 3 is 2.53 bits per heavy atom. The summed E-state index contributed by atoms with van der Waals surface area (Å²) in [5.41, 5.74) is 6.05. The molecule has 1 aromatic heterocycles. The Bertz CT molecular complexity index is 369. The summed E-state index contributed by atoms with van der Waals surface area (Å²) < 4.78 is 0. The molecular weight excluding hydrogens is 236 g/mol. The fourth-order valence-corrected chi connectivity index (χ4v) is 2.30. The van der Waals surface area contributed by atoms with Crippen LogP contribution in [0.25, 0.3) is 0 Å². The lowest BCUT2D eigenvalue weighted by atomic mass is 9.89. The van der Waals surface area contributed by atoms with Crippen LogP contribution in [0.15, 0.2) is 24.4 Å². The quantitative estimate of drug-likeness (QED) is 0.875. The molecule has 19 heavy (non-hydrogen) atoms. The van der Waals surface area contributed by atoms with Gasteiger partial charge in [0.2, 0.25) is 0 Å². The minimum absolute atomic E-state index is 0.262. The van der Waals surface area contributed by atoms with Crippen LogP contribution >= 0.6 is 0 Å². The summed E-state index contributed by atoms with van der Waals surface area (Å²) in [6, 6.07) is 6.11. The molecule has 1 aliphatic rings. The van der Waals surface area contributed by atoms with Gasteiger partial charge in [-0.2, -0.15) is 0 Å². The van der Waals surface area contributed by atoms with Crippen LogP contribution < -0.4 is 10.6 Å². The second kappa shape index (κ2) is 6.35. The lowest BCUT2D eigenvalue weighted by molar-refractivity contribution is 0.211. The molecule has 0 atom stereocenters. The standard InChI is InChI=1S/C15H26N4/c1-15(2,13-16)6-8-18-9-11-19(12-10-18)14-5-3-4-7-17-14/h3-5,7H,6,8-13,16H2,1-2H3. The number of nitrogens with zero attached hydrogens (tertiary/aromatic N) is 3. The average molecular weight is 262 g/mol. The van der Waals surface area contributed by atoms with Crippen LogP contribution in [0.5, 0.6) is 0 Å². The second-order valence-electron chi connectivity index (χ2n) is 6.13. The number of rotatable bonds is 5. The van der Waals surface area contributed by atoms with Crippen molar-refractivity contribution in [3.63, 3.8) is 0 Å². The third-order valence-corrected chi connectivity index (χ3v) is 4.00. The zero-order valence-electron chi connectivity index (χ0n) is 12.2. The first kappa shape index (κ1) is 14.3. The van der Waals surface area contributed by atoms with E-state index >= 15 is 0 Å². The molecule has 0 radical (unpaired) electrons. The van der Waals surface area contributed by atoms with E-state index in [2.05, 4.69) is 40.8 Å². The summed E-state index contributed by atoms with van der Waals surface area (Å²) in [5.74, 6) is 1.10. The van der Waals surface area contributed by atoms with E-state index in [0.29, 0.717) is 0 Å². The Labute approximate surface area is 116 Å². The molecule has 0 aliphatic carbocycles. The maximum absolute atomic E-state index is 5.78. The molecule has 0 saturated carbocycles. The fraction of sp³-hybridized carbons (Fsp3) is 0.667. The largest absolute Gasteiger partial charge is 0.354 e. The van der Waals surface area contributed by atoms with Crippen molar-refractivity contribution in [1.29, 1.82) is 0 Å². The molecule has 2 rings (SSSR count). The lowest BCUT2D eigenvalue weighted by Gasteiger charge is -2.36. The molecule has 4 heteroatoms. The summed E-state index contributed by atoms with van der Waals surface area (Å²) in [6.45, 7) is 10.8. The van der Waals surface area contributed by atoms with Gasteiger partial charge in [-0.1, -0.05) is 19.9 Å². The third kappa shape index (κ3) is 4.18. The Balaban J connectivity index is 1.77. The van der Waals surface area contributed by atoms with E-state index in [9.17, 15) is 0 Å². The first-order chi connectivity index (χ1) is 9.11. The van der Waals surface area contributed by atoms with Crippen molar-refractivity contribution in [2.75, 3.05) is 44.2 Å². The highest BCUT2D eigenvalue weighted by Gasteiger charge is 2.21. The summed E-state index contributed by atoms with van der Waals surface area (Å²) >= 11 is 0. The maximum atomic E-state index is 5.78. The summed E-state index contributed by atoms with van der Waals surface area (Å²) in [4.78, 5) is 9.32. The van der Waals surface area contributed by atoms with Gasteiger partial charge in [-0.3, -0.25) is 4.90 Å². The van der Waals surface area contributed by atoms with E-state index < -0.39 is 0 Å². The van der Waals surface area contributed by atoms with E-state index in [-0.39, 0.29) is 5.41 Å². The van der Waals surface area contributed by atoms with Crippen LogP contribution in [0, 0.1) is 5.41 Å². The highest BCUT2D eigenvalue weighted by Crippen LogP contribution is 2.19. The van der Waals surface area contributed by atoms with Crippen molar-refractivity contribution in [2.24, 2.45) is 11.1 Å². The molecule has 2 N–H and O–H groups in total. The predicted molar refractivity (Wildman–Crippen MR) is 80.3 cm³/mol. The molecule has 2 heterocycles. The maximum Gasteiger partial charge on any atom is 0.128 e. The molecule has 0 unspecified atom stereocenters. The number of pyridine rings is 1. The zero-order chi connectivity index (χ0) is 13.7. The topological polar surface area (TPSA) is 45.4 Å². The average Bonchev–Trinajstić information content (AvgIpc) is 2.47. The minimum atomic E-state index is 0.262. The molecule has 0 aromatic carbocycles. The monoisotopic (exact) mass is 262 g/mol. The lowest BCUT2D eigenvalue weighted by Crippen LogP contribution is -2.47. The Kier molecular flexibility index (Phi) is 4.77. The summed E-state index contributed by atoms with van der Waals surface area (Å²) in [6.07, 6.45) is 3.04. The van der Waals surface area contributed by atoms with Gasteiger partial charge in [-0.05, 0) is 37.1 Å². The van der Waals surface area contributed by atoms with E-state index in [1.54, 1.807) is 0 Å². The van der Waals surface area contributed by atoms with Crippen molar-refractivity contribution in [3.8, 4) is 0 Å². The van der Waals surface area contributed by atoms with Crippen molar-refractivity contribution < 1.29 is 0 Å². The molecule has 1 saturated heterocycles. The van der Waals surface area contributed by atoms with Crippen LogP contribution in [0.4, 0.5) is 5.82 Å². The molecule has 0 spiro atoms. The number of hydrogen-bond acceptors (Lipinski definition) is 4. The number of nitrogens with two attached hydrogens (primary N) is 1. The van der Waals surface area contributed by atoms with Gasteiger partial charge in [-0.25, -0.2) is 4.98 Å². The van der Waals surface area contributed by atoms with Crippen LogP contribution in [-0.2, 0) is 0 Å². The van der Waals surface area contributed by atoms with Crippen LogP contribution in [-0.4, -0.2) is 49.2 Å². The van der Waals surface area contributed by atoms with Crippen LogP contribution in [0.1, 0.15) is 20.3 Å².